The number of hydrogen-bond acceptors (Lipinski definition) is 0. The SMILES string of the molecule is Br[C@@H]1CCc2ccccc2[C@@H]1Br. The quantitative estimate of drug-likeness (QED) is 0.637. The molecule has 1 aliphatic carbocycles. The summed E-state index contributed by atoms with van der Waals surface area (Å²) in [5.74, 6) is 0. The van der Waals surface area contributed by atoms with Gasteiger partial charge in [-0.3, -0.25) is 0 Å². The fourth-order valence-electron chi connectivity index (χ4n) is 1.67. The van der Waals surface area contributed by atoms with Crippen molar-refractivity contribution in [3.63, 3.8) is 0 Å². The molecule has 0 unspecified atom stereocenters. The van der Waals surface area contributed by atoms with Crippen molar-refractivity contribution < 1.29 is 0 Å². The predicted molar refractivity (Wildman–Crippen MR) is 59.1 cm³/mol. The molecule has 2 heteroatoms. The molecule has 0 nitrogen and oxygen atoms in total. The Bertz CT molecular complexity index is 283. The van der Waals surface area contributed by atoms with E-state index in [1.165, 1.54) is 24.0 Å². The van der Waals surface area contributed by atoms with E-state index in [2.05, 4.69) is 56.1 Å². The van der Waals surface area contributed by atoms with Gasteiger partial charge in [-0.1, -0.05) is 56.1 Å². The maximum Gasteiger partial charge on any atom is 0.0523 e. The molecule has 2 rings (SSSR count). The molecule has 1 aromatic carbocycles. The van der Waals surface area contributed by atoms with Gasteiger partial charge in [0, 0.05) is 4.83 Å². The molecule has 0 bridgehead atoms. The summed E-state index contributed by atoms with van der Waals surface area (Å²) in [5, 5.41) is 0. The number of aryl methyl sites for hydroxylation is 1. The molecule has 2 atom stereocenters. The van der Waals surface area contributed by atoms with Crippen LogP contribution in [-0.2, 0) is 6.42 Å². The second-order valence-corrected chi connectivity index (χ2v) is 5.32. The molecule has 64 valence electrons. The second kappa shape index (κ2) is 3.51. The van der Waals surface area contributed by atoms with Gasteiger partial charge in [-0.25, -0.2) is 0 Å². The van der Waals surface area contributed by atoms with Crippen molar-refractivity contribution in [2.45, 2.75) is 22.5 Å². The third-order valence-corrected chi connectivity index (χ3v) is 5.19. The van der Waals surface area contributed by atoms with Crippen molar-refractivity contribution in [3.8, 4) is 0 Å². The van der Waals surface area contributed by atoms with Crippen molar-refractivity contribution in [2.75, 3.05) is 0 Å². The molecule has 1 aromatic rings. The summed E-state index contributed by atoms with van der Waals surface area (Å²) in [7, 11) is 0. The Balaban J connectivity index is 2.42. The molecule has 0 aromatic heterocycles. The van der Waals surface area contributed by atoms with Crippen molar-refractivity contribution in [2.24, 2.45) is 0 Å². The number of benzene rings is 1. The first kappa shape index (κ1) is 8.76. The fourth-order valence-corrected chi connectivity index (χ4v) is 2.89. The predicted octanol–water partition coefficient (Wildman–Crippen LogP) is 3.83. The van der Waals surface area contributed by atoms with E-state index in [1.54, 1.807) is 0 Å². The third kappa shape index (κ3) is 1.47. The van der Waals surface area contributed by atoms with E-state index in [-0.39, 0.29) is 0 Å². The van der Waals surface area contributed by atoms with Gasteiger partial charge in [-0.2, -0.15) is 0 Å². The molecule has 0 saturated carbocycles. The van der Waals surface area contributed by atoms with Gasteiger partial charge in [0.05, 0.1) is 4.83 Å². The lowest BCUT2D eigenvalue weighted by Gasteiger charge is -2.25. The molecule has 0 saturated heterocycles. The molecular weight excluding hydrogens is 280 g/mol. The third-order valence-electron chi connectivity index (χ3n) is 2.36. The van der Waals surface area contributed by atoms with Gasteiger partial charge in [0.1, 0.15) is 0 Å². The van der Waals surface area contributed by atoms with E-state index >= 15 is 0 Å². The molecule has 1 aliphatic rings. The summed E-state index contributed by atoms with van der Waals surface area (Å²) in [4.78, 5) is 1.08. The summed E-state index contributed by atoms with van der Waals surface area (Å²) in [6, 6.07) is 8.66. The number of halogens is 2. The highest BCUT2D eigenvalue weighted by molar-refractivity contribution is 9.12. The maximum absolute atomic E-state index is 3.71. The van der Waals surface area contributed by atoms with Crippen molar-refractivity contribution >= 4 is 31.9 Å². The van der Waals surface area contributed by atoms with E-state index in [0.717, 1.165) is 0 Å². The van der Waals surface area contributed by atoms with Crippen molar-refractivity contribution in [3.05, 3.63) is 35.4 Å². The van der Waals surface area contributed by atoms with Gasteiger partial charge in [0.25, 0.3) is 0 Å². The van der Waals surface area contributed by atoms with Crippen LogP contribution in [-0.4, -0.2) is 4.83 Å². The summed E-state index contributed by atoms with van der Waals surface area (Å²) < 4.78 is 0. The summed E-state index contributed by atoms with van der Waals surface area (Å²) in [6.07, 6.45) is 2.43. The van der Waals surface area contributed by atoms with Gasteiger partial charge < -0.3 is 0 Å². The number of hydrogen-bond donors (Lipinski definition) is 0. The molecule has 0 spiro atoms. The second-order valence-electron chi connectivity index (χ2n) is 3.16. The lowest BCUT2D eigenvalue weighted by atomic mass is 9.92. The van der Waals surface area contributed by atoms with E-state index in [1.807, 2.05) is 0 Å². The highest BCUT2D eigenvalue weighted by Crippen LogP contribution is 2.39. The zero-order valence-corrected chi connectivity index (χ0v) is 9.81. The zero-order valence-electron chi connectivity index (χ0n) is 6.63. The van der Waals surface area contributed by atoms with Gasteiger partial charge in [0.15, 0.2) is 0 Å². The first-order chi connectivity index (χ1) is 5.79. The first-order valence-corrected chi connectivity index (χ1v) is 5.98. The van der Waals surface area contributed by atoms with Crippen LogP contribution in [0.4, 0.5) is 0 Å². The molecule has 0 aliphatic heterocycles. The average molecular weight is 290 g/mol. The van der Waals surface area contributed by atoms with Gasteiger partial charge in [-0.05, 0) is 24.0 Å². The van der Waals surface area contributed by atoms with E-state index in [9.17, 15) is 0 Å². The Morgan fingerprint density at radius 1 is 1.17 bits per heavy atom. The monoisotopic (exact) mass is 288 g/mol. The molecule has 0 amide bonds. The molecular formula is C10H10Br2. The van der Waals surface area contributed by atoms with Crippen molar-refractivity contribution in [1.29, 1.82) is 0 Å². The first-order valence-electron chi connectivity index (χ1n) is 4.15. The van der Waals surface area contributed by atoms with Crippen LogP contribution >= 0.6 is 31.9 Å². The number of alkyl halides is 2. The minimum Gasteiger partial charge on any atom is -0.0875 e. The van der Waals surface area contributed by atoms with Crippen LogP contribution in [0.3, 0.4) is 0 Å². The minimum absolute atomic E-state index is 0.488. The van der Waals surface area contributed by atoms with E-state index in [0.29, 0.717) is 9.65 Å². The van der Waals surface area contributed by atoms with Crippen LogP contribution in [0.5, 0.6) is 0 Å². The van der Waals surface area contributed by atoms with Gasteiger partial charge in [0.2, 0.25) is 0 Å². The Kier molecular flexibility index (Phi) is 2.56. The Morgan fingerprint density at radius 2 is 1.92 bits per heavy atom. The van der Waals surface area contributed by atoms with Crippen LogP contribution < -0.4 is 0 Å². The Hall–Kier alpha value is 0.180. The minimum atomic E-state index is 0.488. The summed E-state index contributed by atoms with van der Waals surface area (Å²) in [6.45, 7) is 0. The van der Waals surface area contributed by atoms with Crippen molar-refractivity contribution in [1.82, 2.24) is 0 Å². The number of fused-ring (bicyclic) bond motifs is 1. The van der Waals surface area contributed by atoms with Crippen LogP contribution in [0.25, 0.3) is 0 Å². The highest BCUT2D eigenvalue weighted by Gasteiger charge is 2.24. The molecule has 0 fully saturated rings. The van der Waals surface area contributed by atoms with Crippen LogP contribution in [0.15, 0.2) is 24.3 Å². The van der Waals surface area contributed by atoms with Crippen LogP contribution in [0, 0.1) is 0 Å². The number of rotatable bonds is 0. The van der Waals surface area contributed by atoms with Crippen LogP contribution in [0.1, 0.15) is 22.4 Å². The van der Waals surface area contributed by atoms with Crippen LogP contribution in [0.2, 0.25) is 0 Å². The maximum atomic E-state index is 3.71. The smallest absolute Gasteiger partial charge is 0.0523 e. The van der Waals surface area contributed by atoms with E-state index < -0.39 is 0 Å². The molecule has 0 heterocycles. The lowest BCUT2D eigenvalue weighted by Crippen LogP contribution is -2.15. The highest BCUT2D eigenvalue weighted by atomic mass is 79.9. The van der Waals surface area contributed by atoms with E-state index in [4.69, 9.17) is 0 Å². The zero-order chi connectivity index (χ0) is 8.55. The molecule has 0 radical (unpaired) electrons. The largest absolute Gasteiger partial charge is 0.0875 e. The standard InChI is InChI=1S/C10H10Br2/c11-9-6-5-7-3-1-2-4-8(7)10(9)12/h1-4,9-10H,5-6H2/t9-,10+/m1/s1. The molecule has 12 heavy (non-hydrogen) atoms. The summed E-state index contributed by atoms with van der Waals surface area (Å²) >= 11 is 7.38. The molecule has 0 N–H and O–H groups in total. The fraction of sp³-hybridized carbons (Fsp3) is 0.400. The lowest BCUT2D eigenvalue weighted by molar-refractivity contribution is 0.707. The Morgan fingerprint density at radius 3 is 2.75 bits per heavy atom. The summed E-state index contributed by atoms with van der Waals surface area (Å²) in [5.41, 5.74) is 2.95. The topological polar surface area (TPSA) is 0 Å². The normalized spacial score (nSPS) is 28.2. The average Bonchev–Trinajstić information content (AvgIpc) is 2.12. The van der Waals surface area contributed by atoms with Gasteiger partial charge in [-0.15, -0.1) is 0 Å². The Labute approximate surface area is 89.6 Å². The van der Waals surface area contributed by atoms with Gasteiger partial charge >= 0.3 is 0 Å².